The van der Waals surface area contributed by atoms with E-state index in [1.165, 1.54) is 4.88 Å². The molecule has 2 heterocycles. The third kappa shape index (κ3) is 4.14. The van der Waals surface area contributed by atoms with Crippen molar-refractivity contribution in [1.82, 2.24) is 15.1 Å². The molecule has 0 saturated heterocycles. The number of carbonyl (C=O) groups is 1. The normalized spacial score (nSPS) is 10.7. The van der Waals surface area contributed by atoms with Crippen LogP contribution in [0.15, 0.2) is 47.8 Å². The fourth-order valence-electron chi connectivity index (χ4n) is 2.81. The summed E-state index contributed by atoms with van der Waals surface area (Å²) in [4.78, 5) is 13.9. The number of nitrogens with one attached hydrogen (secondary N) is 1. The van der Waals surface area contributed by atoms with Crippen molar-refractivity contribution in [2.75, 3.05) is 13.7 Å². The molecule has 3 rings (SSSR count). The summed E-state index contributed by atoms with van der Waals surface area (Å²) in [7, 11) is 1.64. The highest BCUT2D eigenvalue weighted by Gasteiger charge is 2.17. The van der Waals surface area contributed by atoms with Crippen LogP contribution in [0.5, 0.6) is 5.75 Å². The summed E-state index contributed by atoms with van der Waals surface area (Å²) < 4.78 is 7.21. The Morgan fingerprint density at radius 3 is 2.85 bits per heavy atom. The Bertz CT molecular complexity index is 856. The molecule has 0 saturated carbocycles. The Hall–Kier alpha value is -2.60. The second-order valence-electron chi connectivity index (χ2n) is 5.92. The van der Waals surface area contributed by atoms with Crippen molar-refractivity contribution in [3.63, 3.8) is 0 Å². The number of nitrogens with zero attached hydrogens (tertiary/aromatic N) is 2. The first-order valence-electron chi connectivity index (χ1n) is 8.74. The maximum absolute atomic E-state index is 12.7. The predicted octanol–water partition coefficient (Wildman–Crippen LogP) is 4.00. The molecule has 1 aromatic carbocycles. The van der Waals surface area contributed by atoms with E-state index in [1.54, 1.807) is 23.1 Å². The average molecular weight is 369 g/mol. The highest BCUT2D eigenvalue weighted by atomic mass is 32.1. The van der Waals surface area contributed by atoms with Gasteiger partial charge in [0, 0.05) is 23.5 Å². The molecule has 0 fully saturated rings. The number of carbonyl (C=O) groups excluding carboxylic acids is 1. The van der Waals surface area contributed by atoms with Gasteiger partial charge in [-0.05, 0) is 42.5 Å². The number of aromatic nitrogens is 2. The van der Waals surface area contributed by atoms with Gasteiger partial charge in [0.25, 0.3) is 5.91 Å². The summed E-state index contributed by atoms with van der Waals surface area (Å²) >= 11 is 1.70. The lowest BCUT2D eigenvalue weighted by molar-refractivity contribution is 0.0943. The minimum absolute atomic E-state index is 0.0938. The van der Waals surface area contributed by atoms with Crippen molar-refractivity contribution in [1.29, 1.82) is 0 Å². The van der Waals surface area contributed by atoms with Crippen molar-refractivity contribution in [2.45, 2.75) is 26.3 Å². The van der Waals surface area contributed by atoms with Crippen LogP contribution < -0.4 is 10.1 Å². The number of ether oxygens (including phenoxy) is 1. The van der Waals surface area contributed by atoms with Gasteiger partial charge in [-0.15, -0.1) is 11.3 Å². The molecule has 5 nitrogen and oxygen atoms in total. The first-order chi connectivity index (χ1) is 12.7. The molecule has 1 amide bonds. The molecular weight excluding hydrogens is 346 g/mol. The number of thiophene rings is 1. The standard InChI is InChI=1S/C20H23N3O2S/c1-3-12-23-18(20(24)21-11-10-15-7-6-13-26-15)14-17(22-23)16-8-4-5-9-19(16)25-2/h4-9,13-14H,3,10-12H2,1-2H3,(H,21,24). The zero-order valence-electron chi connectivity index (χ0n) is 15.1. The van der Waals surface area contributed by atoms with Crippen LogP contribution in [-0.2, 0) is 13.0 Å². The molecule has 2 aromatic heterocycles. The monoisotopic (exact) mass is 369 g/mol. The molecule has 0 radical (unpaired) electrons. The van der Waals surface area contributed by atoms with Crippen LogP contribution >= 0.6 is 11.3 Å². The molecule has 0 bridgehead atoms. The summed E-state index contributed by atoms with van der Waals surface area (Å²) in [6.45, 7) is 3.38. The Morgan fingerprint density at radius 1 is 1.27 bits per heavy atom. The van der Waals surface area contributed by atoms with Gasteiger partial charge in [-0.2, -0.15) is 5.10 Å². The smallest absolute Gasteiger partial charge is 0.269 e. The predicted molar refractivity (Wildman–Crippen MR) is 105 cm³/mol. The van der Waals surface area contributed by atoms with E-state index in [-0.39, 0.29) is 5.91 Å². The van der Waals surface area contributed by atoms with Crippen LogP contribution in [0, 0.1) is 0 Å². The largest absolute Gasteiger partial charge is 0.496 e. The second kappa shape index (κ2) is 8.67. The van der Waals surface area contributed by atoms with Crippen LogP contribution in [-0.4, -0.2) is 29.3 Å². The van der Waals surface area contributed by atoms with E-state index < -0.39 is 0 Å². The number of rotatable bonds is 8. The molecule has 0 aliphatic carbocycles. The molecule has 0 unspecified atom stereocenters. The van der Waals surface area contributed by atoms with E-state index in [9.17, 15) is 4.79 Å². The van der Waals surface area contributed by atoms with Gasteiger partial charge in [-0.3, -0.25) is 9.48 Å². The van der Waals surface area contributed by atoms with Gasteiger partial charge in [-0.25, -0.2) is 0 Å². The van der Waals surface area contributed by atoms with Crippen molar-refractivity contribution in [2.24, 2.45) is 0 Å². The van der Waals surface area contributed by atoms with Gasteiger partial charge in [0.2, 0.25) is 0 Å². The Morgan fingerprint density at radius 2 is 2.12 bits per heavy atom. The topological polar surface area (TPSA) is 56.2 Å². The van der Waals surface area contributed by atoms with E-state index in [4.69, 9.17) is 4.74 Å². The lowest BCUT2D eigenvalue weighted by Gasteiger charge is -2.07. The number of methoxy groups -OCH3 is 1. The highest BCUT2D eigenvalue weighted by molar-refractivity contribution is 7.09. The molecule has 26 heavy (non-hydrogen) atoms. The summed E-state index contributed by atoms with van der Waals surface area (Å²) in [6, 6.07) is 13.7. The minimum atomic E-state index is -0.0938. The maximum atomic E-state index is 12.7. The van der Waals surface area contributed by atoms with Gasteiger partial charge in [-0.1, -0.05) is 25.1 Å². The molecule has 1 N–H and O–H groups in total. The van der Waals surface area contributed by atoms with Gasteiger partial charge >= 0.3 is 0 Å². The van der Waals surface area contributed by atoms with Crippen molar-refractivity contribution < 1.29 is 9.53 Å². The molecule has 0 spiro atoms. The van der Waals surface area contributed by atoms with Crippen LogP contribution in [0.1, 0.15) is 28.7 Å². The molecule has 0 aliphatic rings. The summed E-state index contributed by atoms with van der Waals surface area (Å²) in [5, 5.41) is 9.69. The van der Waals surface area contributed by atoms with Gasteiger partial charge < -0.3 is 10.1 Å². The first-order valence-corrected chi connectivity index (χ1v) is 9.62. The van der Waals surface area contributed by atoms with Gasteiger partial charge in [0.05, 0.1) is 12.8 Å². The van der Waals surface area contributed by atoms with Crippen molar-refractivity contribution in [3.8, 4) is 17.0 Å². The summed E-state index contributed by atoms with van der Waals surface area (Å²) in [5.41, 5.74) is 2.22. The molecule has 6 heteroatoms. The van der Waals surface area contributed by atoms with E-state index >= 15 is 0 Å². The van der Waals surface area contributed by atoms with E-state index in [0.29, 0.717) is 18.8 Å². The number of hydrogen-bond acceptors (Lipinski definition) is 4. The maximum Gasteiger partial charge on any atom is 0.269 e. The molecule has 136 valence electrons. The summed E-state index contributed by atoms with van der Waals surface area (Å²) in [5.74, 6) is 0.655. The molecule has 3 aromatic rings. The number of amides is 1. The van der Waals surface area contributed by atoms with E-state index in [0.717, 1.165) is 29.8 Å². The van der Waals surface area contributed by atoms with E-state index in [2.05, 4.69) is 23.4 Å². The number of para-hydroxylation sites is 1. The summed E-state index contributed by atoms with van der Waals surface area (Å²) in [6.07, 6.45) is 1.74. The number of hydrogen-bond donors (Lipinski definition) is 1. The third-order valence-electron chi connectivity index (χ3n) is 4.07. The van der Waals surface area contributed by atoms with Crippen molar-refractivity contribution in [3.05, 3.63) is 58.4 Å². The average Bonchev–Trinajstić information content (AvgIpc) is 3.32. The number of aryl methyl sites for hydroxylation is 1. The van der Waals surface area contributed by atoms with E-state index in [1.807, 2.05) is 41.8 Å². The van der Waals surface area contributed by atoms with Gasteiger partial charge in [0.1, 0.15) is 11.4 Å². The molecule has 0 aliphatic heterocycles. The van der Waals surface area contributed by atoms with Crippen LogP contribution in [0.2, 0.25) is 0 Å². The Labute approximate surface area is 157 Å². The zero-order chi connectivity index (χ0) is 18.4. The minimum Gasteiger partial charge on any atom is -0.496 e. The highest BCUT2D eigenvalue weighted by Crippen LogP contribution is 2.29. The Kier molecular flexibility index (Phi) is 6.07. The molecular formula is C20H23N3O2S. The van der Waals surface area contributed by atoms with Crippen molar-refractivity contribution >= 4 is 17.2 Å². The quantitative estimate of drug-likeness (QED) is 0.653. The molecule has 0 atom stereocenters. The Balaban J connectivity index is 1.79. The van der Waals surface area contributed by atoms with Crippen LogP contribution in [0.3, 0.4) is 0 Å². The second-order valence-corrected chi connectivity index (χ2v) is 6.96. The third-order valence-corrected chi connectivity index (χ3v) is 5.00. The fourth-order valence-corrected chi connectivity index (χ4v) is 3.52. The number of benzene rings is 1. The lowest BCUT2D eigenvalue weighted by atomic mass is 10.1. The lowest BCUT2D eigenvalue weighted by Crippen LogP contribution is -2.28. The van der Waals surface area contributed by atoms with Crippen LogP contribution in [0.25, 0.3) is 11.3 Å². The first kappa shape index (κ1) is 18.2. The zero-order valence-corrected chi connectivity index (χ0v) is 15.9. The SMILES string of the molecule is CCCn1nc(-c2ccccc2OC)cc1C(=O)NCCc1cccs1. The van der Waals surface area contributed by atoms with Crippen LogP contribution in [0.4, 0.5) is 0 Å². The van der Waals surface area contributed by atoms with Gasteiger partial charge in [0.15, 0.2) is 0 Å². The fraction of sp³-hybridized carbons (Fsp3) is 0.300.